The van der Waals surface area contributed by atoms with Crippen molar-refractivity contribution in [3.8, 4) is 16.6 Å². The SMILES string of the molecule is Cc1nc2c(Nc3ccc(-c4nc(C)c(C)s4)cc3S(C)(=O)=O)cc(Nc3cccc(C#N)n3)nc2[nH]1. The summed E-state index contributed by atoms with van der Waals surface area (Å²) < 4.78 is 25.6. The predicted octanol–water partition coefficient (Wildman–Crippen LogP) is 5.16. The van der Waals surface area contributed by atoms with Crippen LogP contribution >= 0.6 is 11.3 Å². The standard InChI is InChI=1S/C25H22N8O2S2/c1-13-14(2)36-25(27-13)16-8-9-18(20(10-16)37(4,34)35)31-19-11-22(33-24-23(19)28-15(3)29-24)32-21-7-5-6-17(12-26)30-21/h5-11H,1-4H3,(H3,28,29,30,31,32,33). The van der Waals surface area contributed by atoms with Crippen LogP contribution in [0.1, 0.15) is 22.1 Å². The fraction of sp³-hybridized carbons (Fsp3) is 0.160. The molecule has 0 spiro atoms. The number of thiazole rings is 1. The molecule has 0 atom stereocenters. The van der Waals surface area contributed by atoms with Crippen molar-refractivity contribution in [2.45, 2.75) is 25.7 Å². The predicted molar refractivity (Wildman–Crippen MR) is 144 cm³/mol. The number of hydrogen-bond donors (Lipinski definition) is 3. The number of aryl methyl sites for hydroxylation is 3. The van der Waals surface area contributed by atoms with E-state index in [0.717, 1.165) is 21.1 Å². The van der Waals surface area contributed by atoms with Crippen LogP contribution in [0.5, 0.6) is 0 Å². The van der Waals surface area contributed by atoms with Crippen LogP contribution < -0.4 is 10.6 Å². The summed E-state index contributed by atoms with van der Waals surface area (Å²) in [7, 11) is -3.59. The number of fused-ring (bicyclic) bond motifs is 1. The van der Waals surface area contributed by atoms with Gasteiger partial charge in [0.2, 0.25) is 0 Å². The minimum absolute atomic E-state index is 0.144. The Morgan fingerprint density at radius 1 is 0.946 bits per heavy atom. The number of anilines is 4. The molecule has 0 bridgehead atoms. The van der Waals surface area contributed by atoms with Gasteiger partial charge in [0, 0.05) is 22.8 Å². The highest BCUT2D eigenvalue weighted by Gasteiger charge is 2.19. The maximum absolute atomic E-state index is 12.8. The molecule has 37 heavy (non-hydrogen) atoms. The summed E-state index contributed by atoms with van der Waals surface area (Å²) in [6.45, 7) is 5.73. The molecule has 4 heterocycles. The van der Waals surface area contributed by atoms with Crippen LogP contribution in [0.4, 0.5) is 23.0 Å². The molecular weight excluding hydrogens is 508 g/mol. The van der Waals surface area contributed by atoms with Gasteiger partial charge in [-0.1, -0.05) is 6.07 Å². The van der Waals surface area contributed by atoms with E-state index in [2.05, 4.69) is 35.6 Å². The van der Waals surface area contributed by atoms with Crippen LogP contribution in [0.2, 0.25) is 0 Å². The van der Waals surface area contributed by atoms with Crippen LogP contribution in [0.25, 0.3) is 21.7 Å². The molecule has 0 saturated carbocycles. The van der Waals surface area contributed by atoms with Gasteiger partial charge in [0.1, 0.15) is 39.7 Å². The summed E-state index contributed by atoms with van der Waals surface area (Å²) in [6.07, 6.45) is 1.18. The lowest BCUT2D eigenvalue weighted by Crippen LogP contribution is -2.05. The van der Waals surface area contributed by atoms with E-state index in [4.69, 9.17) is 5.26 Å². The Kier molecular flexibility index (Phi) is 6.10. The summed E-state index contributed by atoms with van der Waals surface area (Å²) in [5, 5.41) is 16.3. The molecule has 0 amide bonds. The van der Waals surface area contributed by atoms with Gasteiger partial charge >= 0.3 is 0 Å². The average molecular weight is 531 g/mol. The first-order valence-corrected chi connectivity index (χ1v) is 13.9. The number of imidazole rings is 1. The smallest absolute Gasteiger partial charge is 0.177 e. The zero-order valence-corrected chi connectivity index (χ0v) is 22.0. The van der Waals surface area contributed by atoms with E-state index in [1.165, 1.54) is 17.6 Å². The first kappa shape index (κ1) is 24.4. The minimum Gasteiger partial charge on any atom is -0.352 e. The Balaban J connectivity index is 1.58. The first-order chi connectivity index (χ1) is 17.6. The third kappa shape index (κ3) is 5.00. The van der Waals surface area contributed by atoms with Crippen molar-refractivity contribution in [2.75, 3.05) is 16.9 Å². The van der Waals surface area contributed by atoms with Crippen LogP contribution in [0.3, 0.4) is 0 Å². The van der Waals surface area contributed by atoms with E-state index in [9.17, 15) is 8.42 Å². The monoisotopic (exact) mass is 530 g/mol. The molecule has 186 valence electrons. The molecule has 5 rings (SSSR count). The molecule has 0 aliphatic heterocycles. The summed E-state index contributed by atoms with van der Waals surface area (Å²) in [6, 6.07) is 14.0. The molecule has 0 radical (unpaired) electrons. The number of H-pyrrole nitrogens is 1. The van der Waals surface area contributed by atoms with Crippen molar-refractivity contribution in [3.63, 3.8) is 0 Å². The van der Waals surface area contributed by atoms with Crippen LogP contribution in [0.15, 0.2) is 47.4 Å². The van der Waals surface area contributed by atoms with E-state index in [0.29, 0.717) is 40.0 Å². The Labute approximate surface area is 217 Å². The molecule has 3 N–H and O–H groups in total. The quantitative estimate of drug-likeness (QED) is 0.270. The molecule has 1 aromatic carbocycles. The zero-order valence-electron chi connectivity index (χ0n) is 20.4. The molecular formula is C25H22N8O2S2. The number of benzene rings is 1. The van der Waals surface area contributed by atoms with E-state index < -0.39 is 9.84 Å². The number of hydrogen-bond acceptors (Lipinski definition) is 10. The first-order valence-electron chi connectivity index (χ1n) is 11.2. The number of sulfone groups is 1. The van der Waals surface area contributed by atoms with Gasteiger partial charge in [0.15, 0.2) is 15.5 Å². The number of nitrogens with zero attached hydrogens (tertiary/aromatic N) is 5. The Bertz CT molecular complexity index is 1800. The molecule has 0 aliphatic rings. The number of aromatic amines is 1. The number of nitriles is 1. The number of aromatic nitrogens is 5. The molecule has 10 nitrogen and oxygen atoms in total. The maximum atomic E-state index is 12.8. The summed E-state index contributed by atoms with van der Waals surface area (Å²) in [5.41, 5.74) is 3.93. The van der Waals surface area contributed by atoms with Gasteiger partial charge in [-0.3, -0.25) is 0 Å². The van der Waals surface area contributed by atoms with E-state index >= 15 is 0 Å². The van der Waals surface area contributed by atoms with Gasteiger partial charge in [-0.25, -0.2) is 28.4 Å². The Hall–Kier alpha value is -4.34. The lowest BCUT2D eigenvalue weighted by molar-refractivity contribution is 0.602. The lowest BCUT2D eigenvalue weighted by Gasteiger charge is -2.14. The highest BCUT2D eigenvalue weighted by Crippen LogP contribution is 2.35. The topological polar surface area (TPSA) is 149 Å². The van der Waals surface area contributed by atoms with Gasteiger partial charge in [0.05, 0.1) is 22.0 Å². The van der Waals surface area contributed by atoms with Gasteiger partial charge in [-0.05, 0) is 51.1 Å². The molecule has 0 saturated heterocycles. The fourth-order valence-electron chi connectivity index (χ4n) is 3.77. The van der Waals surface area contributed by atoms with Gasteiger partial charge in [-0.15, -0.1) is 11.3 Å². The summed E-state index contributed by atoms with van der Waals surface area (Å²) >= 11 is 1.52. The molecule has 12 heteroatoms. The number of nitrogens with one attached hydrogen (secondary N) is 3. The Morgan fingerprint density at radius 3 is 2.46 bits per heavy atom. The van der Waals surface area contributed by atoms with Crippen molar-refractivity contribution in [1.82, 2.24) is 24.9 Å². The largest absolute Gasteiger partial charge is 0.352 e. The minimum atomic E-state index is -3.59. The van der Waals surface area contributed by atoms with E-state index in [1.807, 2.05) is 32.9 Å². The van der Waals surface area contributed by atoms with Crippen LogP contribution in [0, 0.1) is 32.1 Å². The maximum Gasteiger partial charge on any atom is 0.177 e. The fourth-order valence-corrected chi connectivity index (χ4v) is 5.54. The molecule has 0 fully saturated rings. The van der Waals surface area contributed by atoms with Crippen molar-refractivity contribution in [3.05, 3.63) is 64.6 Å². The van der Waals surface area contributed by atoms with Crippen LogP contribution in [-0.4, -0.2) is 39.6 Å². The molecule has 0 aliphatic carbocycles. The van der Waals surface area contributed by atoms with E-state index in [1.54, 1.807) is 36.4 Å². The van der Waals surface area contributed by atoms with Crippen molar-refractivity contribution < 1.29 is 8.42 Å². The van der Waals surface area contributed by atoms with Crippen molar-refractivity contribution in [1.29, 1.82) is 5.26 Å². The third-order valence-corrected chi connectivity index (χ3v) is 7.88. The molecule has 4 aromatic heterocycles. The number of pyridine rings is 2. The van der Waals surface area contributed by atoms with Crippen molar-refractivity contribution in [2.24, 2.45) is 0 Å². The second kappa shape index (κ2) is 9.27. The second-order valence-electron chi connectivity index (χ2n) is 8.49. The molecule has 0 unspecified atom stereocenters. The van der Waals surface area contributed by atoms with Gasteiger partial charge in [0.25, 0.3) is 0 Å². The number of rotatable bonds is 6. The van der Waals surface area contributed by atoms with Crippen molar-refractivity contribution >= 4 is 55.3 Å². The van der Waals surface area contributed by atoms with Gasteiger partial charge < -0.3 is 15.6 Å². The average Bonchev–Trinajstić information content (AvgIpc) is 3.39. The van der Waals surface area contributed by atoms with Crippen LogP contribution in [-0.2, 0) is 9.84 Å². The highest BCUT2D eigenvalue weighted by atomic mass is 32.2. The second-order valence-corrected chi connectivity index (χ2v) is 11.7. The highest BCUT2D eigenvalue weighted by molar-refractivity contribution is 7.90. The summed E-state index contributed by atoms with van der Waals surface area (Å²) in [4.78, 5) is 22.2. The normalized spacial score (nSPS) is 11.4. The van der Waals surface area contributed by atoms with E-state index in [-0.39, 0.29) is 10.6 Å². The zero-order chi connectivity index (χ0) is 26.3. The summed E-state index contributed by atoms with van der Waals surface area (Å²) in [5.74, 6) is 1.54. The van der Waals surface area contributed by atoms with Gasteiger partial charge in [-0.2, -0.15) is 5.26 Å². The Morgan fingerprint density at radius 2 is 1.76 bits per heavy atom. The molecule has 5 aromatic rings. The third-order valence-electron chi connectivity index (χ3n) is 5.62. The lowest BCUT2D eigenvalue weighted by atomic mass is 10.2.